The molecule has 2 atom stereocenters. The summed E-state index contributed by atoms with van der Waals surface area (Å²) in [4.78, 5) is 0. The number of hydrogen-bond donors (Lipinski definition) is 0. The maximum Gasteiger partial charge on any atom is 0.00147 e. The standard InChI is InChI=1S/C15H22.C15H28.C6H14.C3H8.C2H6.H2/c1-12-8-10-15(11-9-12)13(2)14-6-4-3-5-7-14;1-6-9-14(7-2)12-15(8-3)11-10-13(4)5;1-4-6(3)5-2;1-3-2;1-2;/h8-10,14-15H,2-7,11H2,1H3;8,10-11,13-14H,6-7,9,12H2,1-5H3;6H,4-5H2,1-3H3;3H2,1-2H3;1-2H3;1H/b;11-10-,15-8+;;;;. The first-order valence-electron chi connectivity index (χ1n) is 18.0. The van der Waals surface area contributed by atoms with Gasteiger partial charge in [-0.3, -0.25) is 0 Å². The zero-order valence-electron chi connectivity index (χ0n) is 30.8. The van der Waals surface area contributed by atoms with Gasteiger partial charge >= 0.3 is 0 Å². The highest BCUT2D eigenvalue weighted by atomic mass is 14.3. The SMILES string of the molecule is C/C=C(\C=C/C(C)C)CC(CC)CCC.C=C(C1C=CC(C)=CC1)C1CCCCC1.CC.CCC.CCC(C)CC.[HH]. The van der Waals surface area contributed by atoms with Crippen LogP contribution in [0.25, 0.3) is 0 Å². The van der Waals surface area contributed by atoms with Crippen molar-refractivity contribution in [1.82, 2.24) is 0 Å². The third kappa shape index (κ3) is 26.1. The Morgan fingerprint density at radius 1 is 0.951 bits per heavy atom. The molecule has 0 N–H and O–H groups in total. The Balaban J connectivity index is -0.000000252. The maximum absolute atomic E-state index is 4.35. The molecule has 0 heterocycles. The molecule has 1 fully saturated rings. The molecule has 1 saturated carbocycles. The van der Waals surface area contributed by atoms with Gasteiger partial charge in [0.25, 0.3) is 0 Å². The predicted molar refractivity (Wildman–Crippen MR) is 197 cm³/mol. The normalized spacial score (nSPS) is 17.7. The van der Waals surface area contributed by atoms with Gasteiger partial charge in [-0.15, -0.1) is 0 Å². The molecule has 2 unspecified atom stereocenters. The first kappa shape index (κ1) is 44.1. The molecule has 41 heavy (non-hydrogen) atoms. The lowest BCUT2D eigenvalue weighted by molar-refractivity contribution is 0.384. The summed E-state index contributed by atoms with van der Waals surface area (Å²) in [5.74, 6) is 3.89. The van der Waals surface area contributed by atoms with E-state index in [0.717, 1.165) is 17.8 Å². The van der Waals surface area contributed by atoms with Crippen molar-refractivity contribution in [3.63, 3.8) is 0 Å². The van der Waals surface area contributed by atoms with Crippen LogP contribution in [-0.2, 0) is 0 Å². The summed E-state index contributed by atoms with van der Waals surface area (Å²) >= 11 is 0. The minimum atomic E-state index is 0. The van der Waals surface area contributed by atoms with E-state index in [1.165, 1.54) is 100 Å². The largest absolute Gasteiger partial charge is 0.0990 e. The summed E-state index contributed by atoms with van der Waals surface area (Å²) < 4.78 is 0. The zero-order valence-corrected chi connectivity index (χ0v) is 30.8. The van der Waals surface area contributed by atoms with Crippen LogP contribution in [0.4, 0.5) is 0 Å². The van der Waals surface area contributed by atoms with Crippen molar-refractivity contribution < 1.29 is 1.43 Å². The van der Waals surface area contributed by atoms with E-state index in [-0.39, 0.29) is 1.43 Å². The van der Waals surface area contributed by atoms with Crippen molar-refractivity contribution >= 4 is 0 Å². The van der Waals surface area contributed by atoms with E-state index in [1.54, 1.807) is 0 Å². The molecule has 0 amide bonds. The van der Waals surface area contributed by atoms with Crippen molar-refractivity contribution in [3.05, 3.63) is 59.8 Å². The van der Waals surface area contributed by atoms with Crippen LogP contribution in [0.15, 0.2) is 59.8 Å². The average Bonchev–Trinajstić information content (AvgIpc) is 3.00. The Kier molecular flexibility index (Phi) is 34.1. The van der Waals surface area contributed by atoms with Gasteiger partial charge in [-0.05, 0) is 63.2 Å². The lowest BCUT2D eigenvalue weighted by Gasteiger charge is -2.28. The minimum absolute atomic E-state index is 0. The van der Waals surface area contributed by atoms with Gasteiger partial charge in [0.05, 0.1) is 0 Å². The molecule has 2 rings (SSSR count). The van der Waals surface area contributed by atoms with E-state index in [1.807, 2.05) is 13.8 Å². The summed E-state index contributed by atoms with van der Waals surface area (Å²) in [6, 6.07) is 0. The lowest BCUT2D eigenvalue weighted by atomic mass is 9.77. The second-order valence-electron chi connectivity index (χ2n) is 12.4. The Morgan fingerprint density at radius 2 is 1.51 bits per heavy atom. The minimum Gasteiger partial charge on any atom is -0.0990 e. The van der Waals surface area contributed by atoms with Crippen LogP contribution >= 0.6 is 0 Å². The molecule has 0 nitrogen and oxygen atoms in total. The Labute approximate surface area is 263 Å². The summed E-state index contributed by atoms with van der Waals surface area (Å²) in [6.07, 6.45) is 31.2. The first-order chi connectivity index (χ1) is 19.6. The van der Waals surface area contributed by atoms with Gasteiger partial charge in [0.1, 0.15) is 0 Å². The lowest BCUT2D eigenvalue weighted by Crippen LogP contribution is -2.15. The van der Waals surface area contributed by atoms with Gasteiger partial charge in [0.15, 0.2) is 0 Å². The fourth-order valence-corrected chi connectivity index (χ4v) is 4.86. The third-order valence-electron chi connectivity index (χ3n) is 8.15. The highest BCUT2D eigenvalue weighted by Gasteiger charge is 2.21. The second-order valence-corrected chi connectivity index (χ2v) is 12.4. The average molecular weight is 573 g/mol. The van der Waals surface area contributed by atoms with Crippen LogP contribution in [0.2, 0.25) is 0 Å². The molecular formula is C41H80. The van der Waals surface area contributed by atoms with Gasteiger partial charge in [0, 0.05) is 7.34 Å². The van der Waals surface area contributed by atoms with Crippen LogP contribution in [-0.4, -0.2) is 0 Å². The second kappa shape index (κ2) is 31.6. The smallest absolute Gasteiger partial charge is 0.00147 e. The fraction of sp³-hybridized carbons (Fsp3) is 0.756. The van der Waals surface area contributed by atoms with Gasteiger partial charge in [-0.25, -0.2) is 0 Å². The van der Waals surface area contributed by atoms with E-state index >= 15 is 0 Å². The monoisotopic (exact) mass is 573 g/mol. The third-order valence-corrected chi connectivity index (χ3v) is 8.15. The van der Waals surface area contributed by atoms with Crippen molar-refractivity contribution in [1.29, 1.82) is 0 Å². The Hall–Kier alpha value is -1.30. The van der Waals surface area contributed by atoms with Crippen LogP contribution < -0.4 is 0 Å². The molecular weight excluding hydrogens is 492 g/mol. The molecule has 0 aromatic carbocycles. The van der Waals surface area contributed by atoms with E-state index in [4.69, 9.17) is 0 Å². The fourth-order valence-electron chi connectivity index (χ4n) is 4.86. The van der Waals surface area contributed by atoms with Crippen molar-refractivity contribution in [2.75, 3.05) is 0 Å². The number of hydrogen-bond acceptors (Lipinski definition) is 0. The molecule has 0 saturated heterocycles. The molecule has 0 radical (unpaired) electrons. The number of allylic oxidation sites excluding steroid dienone is 9. The van der Waals surface area contributed by atoms with Gasteiger partial charge in [-0.2, -0.15) is 0 Å². The highest BCUT2D eigenvalue weighted by Crippen LogP contribution is 2.35. The van der Waals surface area contributed by atoms with Gasteiger partial charge in [0.2, 0.25) is 0 Å². The molecule has 0 spiro atoms. The van der Waals surface area contributed by atoms with Crippen molar-refractivity contribution in [2.45, 2.75) is 173 Å². The molecule has 0 aromatic heterocycles. The summed E-state index contributed by atoms with van der Waals surface area (Å²) in [7, 11) is 0. The predicted octanol–water partition coefficient (Wildman–Crippen LogP) is 15.1. The molecule has 2 aliphatic rings. The highest BCUT2D eigenvalue weighted by molar-refractivity contribution is 5.27. The van der Waals surface area contributed by atoms with Crippen LogP contribution in [0, 0.1) is 29.6 Å². The Bertz CT molecular complexity index is 680. The summed E-state index contributed by atoms with van der Waals surface area (Å²) in [5, 5.41) is 0. The van der Waals surface area contributed by atoms with E-state index < -0.39 is 0 Å². The van der Waals surface area contributed by atoms with Crippen LogP contribution in [0.1, 0.15) is 175 Å². The number of rotatable bonds is 11. The Morgan fingerprint density at radius 3 is 1.88 bits per heavy atom. The summed E-state index contributed by atoms with van der Waals surface area (Å²) in [6.45, 7) is 32.7. The van der Waals surface area contributed by atoms with E-state index in [2.05, 4.69) is 119 Å². The molecule has 0 aromatic rings. The molecule has 2 aliphatic carbocycles. The summed E-state index contributed by atoms with van der Waals surface area (Å²) in [5.41, 5.74) is 4.40. The first-order valence-corrected chi connectivity index (χ1v) is 18.0. The quantitative estimate of drug-likeness (QED) is 0.171. The van der Waals surface area contributed by atoms with Crippen LogP contribution in [0.3, 0.4) is 0 Å². The molecule has 0 bridgehead atoms. The zero-order chi connectivity index (χ0) is 32.1. The topological polar surface area (TPSA) is 0 Å². The van der Waals surface area contributed by atoms with Gasteiger partial charge in [-0.1, -0.05) is 194 Å². The van der Waals surface area contributed by atoms with E-state index in [9.17, 15) is 0 Å². The molecule has 0 heteroatoms. The molecule has 244 valence electrons. The molecule has 0 aliphatic heterocycles. The maximum atomic E-state index is 4.35. The van der Waals surface area contributed by atoms with Crippen molar-refractivity contribution in [3.8, 4) is 0 Å². The van der Waals surface area contributed by atoms with Crippen LogP contribution in [0.5, 0.6) is 0 Å². The van der Waals surface area contributed by atoms with E-state index in [0.29, 0.717) is 11.8 Å². The van der Waals surface area contributed by atoms with Crippen molar-refractivity contribution in [2.24, 2.45) is 29.6 Å². The van der Waals surface area contributed by atoms with Gasteiger partial charge < -0.3 is 0 Å².